The lowest BCUT2D eigenvalue weighted by Crippen LogP contribution is -2.13. The molecule has 1 aliphatic heterocycles. The summed E-state index contributed by atoms with van der Waals surface area (Å²) in [5.74, 6) is 1.28. The topological polar surface area (TPSA) is 56.2 Å². The van der Waals surface area contributed by atoms with E-state index >= 15 is 0 Å². The van der Waals surface area contributed by atoms with Crippen molar-refractivity contribution in [2.75, 3.05) is 11.9 Å². The molecule has 1 aromatic carbocycles. The van der Waals surface area contributed by atoms with Crippen molar-refractivity contribution in [3.63, 3.8) is 0 Å². The molecule has 124 valence electrons. The fraction of sp³-hybridized carbons (Fsp3) is 0.222. The zero-order valence-corrected chi connectivity index (χ0v) is 14.1. The van der Waals surface area contributed by atoms with Crippen LogP contribution in [0.25, 0.3) is 6.08 Å². The van der Waals surface area contributed by atoms with Crippen LogP contribution in [0.4, 0.5) is 5.82 Å². The first-order valence-electron chi connectivity index (χ1n) is 7.79. The number of hydrogen-bond acceptors (Lipinski definition) is 3. The summed E-state index contributed by atoms with van der Waals surface area (Å²) in [4.78, 5) is 12.1. The molecule has 0 atom stereocenters. The number of benzene rings is 1. The van der Waals surface area contributed by atoms with E-state index in [1.807, 2.05) is 18.2 Å². The van der Waals surface area contributed by atoms with Gasteiger partial charge >= 0.3 is 0 Å². The standard InChI is InChI=1S/C18H18ClN3O2/c1-2-9-22-17(7-8-20-22)21-18(23)6-3-13-10-14-11-15(19)4-5-16(14)24-12-13/h3-8,10-11H,2,9,12H2,1H3,(H,21,23)/b6-3+. The van der Waals surface area contributed by atoms with Gasteiger partial charge in [-0.2, -0.15) is 5.10 Å². The Kier molecular flexibility index (Phi) is 5.01. The average molecular weight is 344 g/mol. The first-order valence-corrected chi connectivity index (χ1v) is 8.17. The molecule has 0 saturated heterocycles. The van der Waals surface area contributed by atoms with Crippen LogP contribution in [0.3, 0.4) is 0 Å². The summed E-state index contributed by atoms with van der Waals surface area (Å²) in [5, 5.41) is 7.66. The number of ether oxygens (including phenoxy) is 1. The molecule has 0 fully saturated rings. The van der Waals surface area contributed by atoms with E-state index in [1.54, 1.807) is 29.1 Å². The van der Waals surface area contributed by atoms with E-state index < -0.39 is 0 Å². The molecule has 0 unspecified atom stereocenters. The Morgan fingerprint density at radius 2 is 2.33 bits per heavy atom. The van der Waals surface area contributed by atoms with Crippen molar-refractivity contribution in [3.8, 4) is 5.75 Å². The van der Waals surface area contributed by atoms with Crippen molar-refractivity contribution in [2.45, 2.75) is 19.9 Å². The SMILES string of the molecule is CCCn1nccc1NC(=O)/C=C/C1=Cc2cc(Cl)ccc2OC1. The van der Waals surface area contributed by atoms with Crippen LogP contribution in [0, 0.1) is 0 Å². The van der Waals surface area contributed by atoms with Gasteiger partial charge in [-0.3, -0.25) is 4.79 Å². The zero-order valence-electron chi connectivity index (χ0n) is 13.3. The van der Waals surface area contributed by atoms with Crippen LogP contribution < -0.4 is 10.1 Å². The van der Waals surface area contributed by atoms with Gasteiger partial charge < -0.3 is 10.1 Å². The van der Waals surface area contributed by atoms with Crippen LogP contribution in [0.5, 0.6) is 5.75 Å². The molecule has 1 aromatic heterocycles. The Balaban J connectivity index is 1.67. The lowest BCUT2D eigenvalue weighted by atomic mass is 10.1. The number of aryl methyl sites for hydroxylation is 1. The monoisotopic (exact) mass is 343 g/mol. The number of aromatic nitrogens is 2. The molecular weight excluding hydrogens is 326 g/mol. The molecule has 0 aliphatic carbocycles. The number of carbonyl (C=O) groups is 1. The average Bonchev–Trinajstić information content (AvgIpc) is 3.00. The number of fused-ring (bicyclic) bond motifs is 1. The van der Waals surface area contributed by atoms with Gasteiger partial charge in [0.05, 0.1) is 6.20 Å². The van der Waals surface area contributed by atoms with Crippen LogP contribution in [0.2, 0.25) is 5.02 Å². The minimum atomic E-state index is -0.203. The third-order valence-corrected chi connectivity index (χ3v) is 3.79. The molecule has 2 heterocycles. The fourth-order valence-electron chi connectivity index (χ4n) is 2.44. The van der Waals surface area contributed by atoms with E-state index in [4.69, 9.17) is 16.3 Å². The summed E-state index contributed by atoms with van der Waals surface area (Å²) < 4.78 is 7.43. The molecule has 0 bridgehead atoms. The molecule has 1 N–H and O–H groups in total. The maximum Gasteiger partial charge on any atom is 0.249 e. The second kappa shape index (κ2) is 7.36. The van der Waals surface area contributed by atoms with E-state index in [2.05, 4.69) is 17.3 Å². The normalized spacial score (nSPS) is 13.3. The summed E-state index contributed by atoms with van der Waals surface area (Å²) in [6, 6.07) is 7.26. The Hall–Kier alpha value is -2.53. The lowest BCUT2D eigenvalue weighted by molar-refractivity contribution is -0.112. The molecule has 2 aromatic rings. The van der Waals surface area contributed by atoms with Crippen molar-refractivity contribution in [3.05, 3.63) is 58.8 Å². The smallest absolute Gasteiger partial charge is 0.249 e. The number of carbonyl (C=O) groups excluding carboxylic acids is 1. The van der Waals surface area contributed by atoms with Crippen molar-refractivity contribution in [1.82, 2.24) is 9.78 Å². The second-order valence-electron chi connectivity index (χ2n) is 5.45. The van der Waals surface area contributed by atoms with Crippen molar-refractivity contribution >= 4 is 29.4 Å². The van der Waals surface area contributed by atoms with Gasteiger partial charge in [-0.05, 0) is 36.3 Å². The Morgan fingerprint density at radius 1 is 1.46 bits per heavy atom. The summed E-state index contributed by atoms with van der Waals surface area (Å²) >= 11 is 6.00. The van der Waals surface area contributed by atoms with Crippen molar-refractivity contribution in [1.29, 1.82) is 0 Å². The highest BCUT2D eigenvalue weighted by Crippen LogP contribution is 2.29. The van der Waals surface area contributed by atoms with Gasteiger partial charge in [-0.15, -0.1) is 0 Å². The van der Waals surface area contributed by atoms with Crippen molar-refractivity contribution < 1.29 is 9.53 Å². The van der Waals surface area contributed by atoms with Crippen LogP contribution in [-0.4, -0.2) is 22.3 Å². The maximum atomic E-state index is 12.1. The van der Waals surface area contributed by atoms with Gasteiger partial charge in [-0.1, -0.05) is 24.6 Å². The predicted octanol–water partition coefficient (Wildman–Crippen LogP) is 3.92. The van der Waals surface area contributed by atoms with Crippen molar-refractivity contribution in [2.24, 2.45) is 0 Å². The zero-order chi connectivity index (χ0) is 16.9. The molecule has 1 amide bonds. The number of amides is 1. The van der Waals surface area contributed by atoms with Crippen LogP contribution >= 0.6 is 11.6 Å². The molecular formula is C18H18ClN3O2. The Bertz CT molecular complexity index is 808. The van der Waals surface area contributed by atoms with E-state index in [0.29, 0.717) is 17.4 Å². The van der Waals surface area contributed by atoms with Crippen LogP contribution in [0.15, 0.2) is 48.2 Å². The molecule has 24 heavy (non-hydrogen) atoms. The molecule has 3 rings (SSSR count). The third kappa shape index (κ3) is 3.86. The highest BCUT2D eigenvalue weighted by atomic mass is 35.5. The number of nitrogens with one attached hydrogen (secondary N) is 1. The second-order valence-corrected chi connectivity index (χ2v) is 5.89. The summed E-state index contributed by atoms with van der Waals surface area (Å²) in [5.41, 5.74) is 1.82. The third-order valence-electron chi connectivity index (χ3n) is 3.56. The number of halogens is 1. The molecule has 1 aliphatic rings. The number of anilines is 1. The number of rotatable bonds is 5. The minimum Gasteiger partial charge on any atom is -0.488 e. The largest absolute Gasteiger partial charge is 0.488 e. The highest BCUT2D eigenvalue weighted by Gasteiger charge is 2.10. The fourth-order valence-corrected chi connectivity index (χ4v) is 2.62. The van der Waals surface area contributed by atoms with E-state index in [9.17, 15) is 4.79 Å². The van der Waals surface area contributed by atoms with Gasteiger partial charge in [0.2, 0.25) is 5.91 Å². The summed E-state index contributed by atoms with van der Waals surface area (Å²) in [6.07, 6.45) is 7.84. The van der Waals surface area contributed by atoms with E-state index in [-0.39, 0.29) is 5.91 Å². The van der Waals surface area contributed by atoms with Crippen LogP contribution in [-0.2, 0) is 11.3 Å². The molecule has 6 heteroatoms. The predicted molar refractivity (Wildman–Crippen MR) is 95.2 cm³/mol. The highest BCUT2D eigenvalue weighted by molar-refractivity contribution is 6.30. The van der Waals surface area contributed by atoms with Gasteiger partial charge in [-0.25, -0.2) is 4.68 Å². The Morgan fingerprint density at radius 3 is 3.17 bits per heavy atom. The first-order chi connectivity index (χ1) is 11.7. The van der Waals surface area contributed by atoms with Gasteiger partial charge in [0, 0.05) is 29.3 Å². The molecule has 0 saturated carbocycles. The molecule has 0 spiro atoms. The minimum absolute atomic E-state index is 0.203. The first kappa shape index (κ1) is 16.3. The van der Waals surface area contributed by atoms with Gasteiger partial charge in [0.15, 0.2) is 0 Å². The molecule has 5 nitrogen and oxygen atoms in total. The molecule has 0 radical (unpaired) electrons. The van der Waals surface area contributed by atoms with E-state index in [1.165, 1.54) is 6.08 Å². The number of hydrogen-bond donors (Lipinski definition) is 1. The lowest BCUT2D eigenvalue weighted by Gasteiger charge is -2.16. The van der Waals surface area contributed by atoms with Gasteiger partial charge in [0.1, 0.15) is 18.2 Å². The van der Waals surface area contributed by atoms with Gasteiger partial charge in [0.25, 0.3) is 0 Å². The Labute approximate surface area is 145 Å². The summed E-state index contributed by atoms with van der Waals surface area (Å²) in [7, 11) is 0. The quantitative estimate of drug-likeness (QED) is 0.837. The van der Waals surface area contributed by atoms with E-state index in [0.717, 1.165) is 29.9 Å². The maximum absolute atomic E-state index is 12.1. The summed E-state index contributed by atoms with van der Waals surface area (Å²) in [6.45, 7) is 3.25. The number of nitrogens with zero attached hydrogens (tertiary/aromatic N) is 2. The van der Waals surface area contributed by atoms with Crippen LogP contribution in [0.1, 0.15) is 18.9 Å².